The van der Waals surface area contributed by atoms with Gasteiger partial charge in [0.1, 0.15) is 5.76 Å². The van der Waals surface area contributed by atoms with Crippen LogP contribution in [0.3, 0.4) is 0 Å². The first kappa shape index (κ1) is 22.8. The Bertz CT molecular complexity index is 512. The van der Waals surface area contributed by atoms with Gasteiger partial charge in [-0.1, -0.05) is 44.4 Å². The monoisotopic (exact) mass is 384 g/mol. The van der Waals surface area contributed by atoms with E-state index in [-0.39, 0.29) is 5.92 Å². The summed E-state index contributed by atoms with van der Waals surface area (Å²) in [5.41, 5.74) is 0. The van der Waals surface area contributed by atoms with E-state index in [9.17, 15) is 15.0 Å². The minimum Gasteiger partial charge on any atom is -0.500 e. The largest absolute Gasteiger partial charge is 0.500 e. The van der Waals surface area contributed by atoms with Gasteiger partial charge in [0.15, 0.2) is 0 Å². The fourth-order valence-electron chi connectivity index (χ4n) is 2.87. The van der Waals surface area contributed by atoms with E-state index in [4.69, 9.17) is 9.84 Å². The zero-order chi connectivity index (χ0) is 19.4. The molecule has 0 aliphatic heterocycles. The molecule has 3 atom stereocenters. The maximum atomic E-state index is 10.4. The van der Waals surface area contributed by atoms with Crippen LogP contribution in [0.25, 0.3) is 0 Å². The van der Waals surface area contributed by atoms with Gasteiger partial charge in [-0.25, -0.2) is 4.79 Å². The van der Waals surface area contributed by atoms with Crippen molar-refractivity contribution in [3.63, 3.8) is 0 Å². The molecule has 0 saturated carbocycles. The summed E-state index contributed by atoms with van der Waals surface area (Å²) in [6, 6.07) is 0. The summed E-state index contributed by atoms with van der Waals surface area (Å²) in [5.74, 6) is 0.551. The standard InChI is InChI=1S/C20H32O5S/c1-3-4-6-9-15(21)11-12-16-17(22)14-18(25-2)20(16)26-13-8-5-7-10-19(23)24/h7,10-12,15-17,21-22H,3-6,8-9,13-14H2,1-2H3,(H,23,24)/b10-7+,12-11+/t15-,16-,17+/m0/s1. The third-order valence-corrected chi connectivity index (χ3v) is 5.61. The van der Waals surface area contributed by atoms with Crippen LogP contribution in [0.1, 0.15) is 51.9 Å². The number of ether oxygens (including phenoxy) is 1. The molecule has 0 aromatic carbocycles. The van der Waals surface area contributed by atoms with Gasteiger partial charge in [0.05, 0.1) is 19.3 Å². The van der Waals surface area contributed by atoms with E-state index in [1.54, 1.807) is 31.0 Å². The van der Waals surface area contributed by atoms with Gasteiger partial charge < -0.3 is 20.1 Å². The highest BCUT2D eigenvalue weighted by Crippen LogP contribution is 2.41. The van der Waals surface area contributed by atoms with E-state index in [1.165, 1.54) is 0 Å². The smallest absolute Gasteiger partial charge is 0.327 e. The highest BCUT2D eigenvalue weighted by atomic mass is 32.2. The Labute approximate surface area is 160 Å². The first-order chi connectivity index (χ1) is 12.5. The summed E-state index contributed by atoms with van der Waals surface area (Å²) in [5, 5.41) is 29.0. The van der Waals surface area contributed by atoms with Crippen LogP contribution >= 0.6 is 11.8 Å². The van der Waals surface area contributed by atoms with Gasteiger partial charge in [0, 0.05) is 23.3 Å². The lowest BCUT2D eigenvalue weighted by Gasteiger charge is -2.15. The average Bonchev–Trinajstić information content (AvgIpc) is 2.91. The first-order valence-corrected chi connectivity index (χ1v) is 10.3. The first-order valence-electron chi connectivity index (χ1n) is 9.33. The lowest BCUT2D eigenvalue weighted by atomic mass is 10.0. The summed E-state index contributed by atoms with van der Waals surface area (Å²) < 4.78 is 5.43. The second-order valence-electron chi connectivity index (χ2n) is 6.47. The predicted octanol–water partition coefficient (Wildman–Crippen LogP) is 3.88. The minimum atomic E-state index is -0.927. The number of carbonyl (C=O) groups is 1. The van der Waals surface area contributed by atoms with Crippen LogP contribution in [-0.4, -0.2) is 46.4 Å². The minimum absolute atomic E-state index is 0.148. The number of hydrogen-bond donors (Lipinski definition) is 3. The van der Waals surface area contributed by atoms with Gasteiger partial charge in [-0.15, -0.1) is 11.8 Å². The van der Waals surface area contributed by atoms with Crippen LogP contribution in [0.5, 0.6) is 0 Å². The summed E-state index contributed by atoms with van der Waals surface area (Å²) in [4.78, 5) is 11.5. The van der Waals surface area contributed by atoms with Crippen molar-refractivity contribution in [1.82, 2.24) is 0 Å². The normalized spacial score (nSPS) is 21.8. The number of methoxy groups -OCH3 is 1. The number of rotatable bonds is 13. The molecule has 6 heteroatoms. The molecule has 0 spiro atoms. The van der Waals surface area contributed by atoms with Gasteiger partial charge in [0.2, 0.25) is 0 Å². The summed E-state index contributed by atoms with van der Waals surface area (Å²) in [6.45, 7) is 2.13. The van der Waals surface area contributed by atoms with Crippen molar-refractivity contribution in [2.45, 2.75) is 64.1 Å². The van der Waals surface area contributed by atoms with Crippen LogP contribution in [0.15, 0.2) is 35.0 Å². The molecule has 0 unspecified atom stereocenters. The van der Waals surface area contributed by atoms with Crippen molar-refractivity contribution in [2.24, 2.45) is 5.92 Å². The Morgan fingerprint density at radius 1 is 1.38 bits per heavy atom. The Kier molecular flexibility index (Phi) is 11.4. The van der Waals surface area contributed by atoms with Crippen molar-refractivity contribution < 1.29 is 24.9 Å². The van der Waals surface area contributed by atoms with Crippen molar-refractivity contribution in [2.75, 3.05) is 12.9 Å². The number of unbranched alkanes of at least 4 members (excludes halogenated alkanes) is 3. The Hall–Kier alpha value is -1.24. The number of hydrogen-bond acceptors (Lipinski definition) is 5. The predicted molar refractivity (Wildman–Crippen MR) is 106 cm³/mol. The topological polar surface area (TPSA) is 87.0 Å². The molecule has 0 saturated heterocycles. The second-order valence-corrected chi connectivity index (χ2v) is 7.60. The van der Waals surface area contributed by atoms with Gasteiger partial charge in [0.25, 0.3) is 0 Å². The van der Waals surface area contributed by atoms with E-state index in [2.05, 4.69) is 6.92 Å². The molecule has 0 fully saturated rings. The molecular weight excluding hydrogens is 352 g/mol. The molecule has 0 heterocycles. The van der Waals surface area contributed by atoms with Gasteiger partial charge >= 0.3 is 5.97 Å². The highest BCUT2D eigenvalue weighted by Gasteiger charge is 2.33. The van der Waals surface area contributed by atoms with Gasteiger partial charge in [-0.2, -0.15) is 0 Å². The fourth-order valence-corrected chi connectivity index (χ4v) is 4.16. The van der Waals surface area contributed by atoms with Crippen LogP contribution in [0.2, 0.25) is 0 Å². The SMILES string of the molecule is CCCCC[C@H](O)/C=C/[C@@H]1C(SCCC/C=C/C(=O)O)=C(OC)C[C@H]1O. The van der Waals surface area contributed by atoms with Crippen LogP contribution in [0, 0.1) is 5.92 Å². The third-order valence-electron chi connectivity index (χ3n) is 4.31. The molecule has 0 bridgehead atoms. The van der Waals surface area contributed by atoms with Gasteiger partial charge in [-0.05, 0) is 25.0 Å². The number of allylic oxidation sites excluding steroid dienone is 1. The van der Waals surface area contributed by atoms with E-state index >= 15 is 0 Å². The third kappa shape index (κ3) is 8.43. The number of carboxylic acid groups (broad SMARTS) is 1. The molecule has 0 aromatic heterocycles. The number of aliphatic hydroxyl groups excluding tert-OH is 2. The van der Waals surface area contributed by atoms with Crippen LogP contribution in [0.4, 0.5) is 0 Å². The molecule has 3 N–H and O–H groups in total. The summed E-state index contributed by atoms with van der Waals surface area (Å²) in [7, 11) is 1.61. The van der Waals surface area contributed by atoms with E-state index in [0.717, 1.165) is 54.6 Å². The Morgan fingerprint density at radius 3 is 2.81 bits per heavy atom. The molecule has 1 aliphatic carbocycles. The van der Waals surface area contributed by atoms with Crippen LogP contribution in [-0.2, 0) is 9.53 Å². The highest BCUT2D eigenvalue weighted by molar-refractivity contribution is 8.03. The molecule has 0 amide bonds. The van der Waals surface area contributed by atoms with Gasteiger partial charge in [-0.3, -0.25) is 0 Å². The molecule has 1 aliphatic rings. The Morgan fingerprint density at radius 2 is 2.15 bits per heavy atom. The molecule has 0 aromatic rings. The van der Waals surface area contributed by atoms with Crippen molar-refractivity contribution >= 4 is 17.7 Å². The molecule has 5 nitrogen and oxygen atoms in total. The number of aliphatic hydroxyl groups is 2. The maximum absolute atomic E-state index is 10.4. The van der Waals surface area contributed by atoms with Crippen molar-refractivity contribution in [3.05, 3.63) is 35.0 Å². The molecular formula is C20H32O5S. The van der Waals surface area contributed by atoms with E-state index in [0.29, 0.717) is 12.8 Å². The van der Waals surface area contributed by atoms with Crippen LogP contribution < -0.4 is 0 Å². The lowest BCUT2D eigenvalue weighted by Crippen LogP contribution is -2.14. The number of carboxylic acids is 1. The molecule has 26 heavy (non-hydrogen) atoms. The maximum Gasteiger partial charge on any atom is 0.327 e. The number of thioether (sulfide) groups is 1. The quantitative estimate of drug-likeness (QED) is 0.254. The average molecular weight is 385 g/mol. The van der Waals surface area contributed by atoms with Crippen molar-refractivity contribution in [1.29, 1.82) is 0 Å². The van der Waals surface area contributed by atoms with Crippen molar-refractivity contribution in [3.8, 4) is 0 Å². The fraction of sp³-hybridized carbons (Fsp3) is 0.650. The molecule has 148 valence electrons. The summed E-state index contributed by atoms with van der Waals surface area (Å²) in [6.07, 6.45) is 11.5. The molecule has 1 rings (SSSR count). The second kappa shape index (κ2) is 13.0. The zero-order valence-electron chi connectivity index (χ0n) is 15.8. The Balaban J connectivity index is 2.56. The lowest BCUT2D eigenvalue weighted by molar-refractivity contribution is -0.131. The molecule has 0 radical (unpaired) electrons. The van der Waals surface area contributed by atoms with E-state index < -0.39 is 18.2 Å². The zero-order valence-corrected chi connectivity index (χ0v) is 16.6. The number of aliphatic carboxylic acids is 1. The summed E-state index contributed by atoms with van der Waals surface area (Å²) >= 11 is 1.64. The van der Waals surface area contributed by atoms with E-state index in [1.807, 2.05) is 6.08 Å².